The van der Waals surface area contributed by atoms with Crippen molar-refractivity contribution in [3.8, 4) is 0 Å². The lowest BCUT2D eigenvalue weighted by Crippen LogP contribution is -2.55. The van der Waals surface area contributed by atoms with Crippen LogP contribution in [0.3, 0.4) is 0 Å². The lowest BCUT2D eigenvalue weighted by atomic mass is 10.0. The lowest BCUT2D eigenvalue weighted by Gasteiger charge is -2.40. The van der Waals surface area contributed by atoms with Crippen LogP contribution in [0.15, 0.2) is 24.3 Å². The topological polar surface area (TPSA) is 49.4 Å². The van der Waals surface area contributed by atoms with E-state index in [1.54, 1.807) is 0 Å². The van der Waals surface area contributed by atoms with Crippen LogP contribution >= 0.6 is 0 Å². The minimum Gasteiger partial charge on any atom is -0.350 e. The van der Waals surface area contributed by atoms with Crippen molar-refractivity contribution in [2.45, 2.75) is 26.3 Å². The molecule has 1 aromatic carbocycles. The minimum absolute atomic E-state index is 0.0383. The Kier molecular flexibility index (Phi) is 5.17. The first-order valence-corrected chi connectivity index (χ1v) is 8.82. The summed E-state index contributed by atoms with van der Waals surface area (Å²) in [5.41, 5.74) is 1.72. The van der Waals surface area contributed by atoms with Crippen molar-refractivity contribution in [3.05, 3.63) is 35.4 Å². The molecular weight excluding hydrogens is 284 g/mol. The average Bonchev–Trinajstić information content (AvgIpc) is 2.46. The Morgan fingerprint density at radius 1 is 1.24 bits per heavy atom. The molecule has 1 N–H and O–H groups in total. The van der Waals surface area contributed by atoms with Gasteiger partial charge in [0.05, 0.1) is 0 Å². The molecule has 0 unspecified atom stereocenters. The fourth-order valence-corrected chi connectivity index (χ4v) is 3.51. The molecule has 1 amide bonds. The number of carbonyl (C=O) groups excluding carboxylic acids is 1. The zero-order chi connectivity index (χ0) is 15.5. The highest BCUT2D eigenvalue weighted by Crippen LogP contribution is 2.16. The van der Waals surface area contributed by atoms with E-state index in [9.17, 15) is 9.00 Å². The standard InChI is InChI=1S/C16H24N2O2S/c1-13-4-6-14(7-5-13)15(19)17-12-16(2,3)18-8-10-21(20)11-9-18/h4-7H,8-12H2,1-3H3,(H,17,19). The maximum Gasteiger partial charge on any atom is 0.251 e. The van der Waals surface area contributed by atoms with E-state index in [0.717, 1.165) is 30.2 Å². The Morgan fingerprint density at radius 3 is 2.38 bits per heavy atom. The molecule has 0 bridgehead atoms. The van der Waals surface area contributed by atoms with E-state index in [-0.39, 0.29) is 11.4 Å². The molecule has 0 atom stereocenters. The van der Waals surface area contributed by atoms with Gasteiger partial charge >= 0.3 is 0 Å². The summed E-state index contributed by atoms with van der Waals surface area (Å²) in [6.07, 6.45) is 0. The molecule has 0 aromatic heterocycles. The number of nitrogens with one attached hydrogen (secondary N) is 1. The number of rotatable bonds is 4. The third-order valence-corrected chi connectivity index (χ3v) is 5.30. The van der Waals surface area contributed by atoms with E-state index in [0.29, 0.717) is 12.1 Å². The number of amides is 1. The Morgan fingerprint density at radius 2 is 1.81 bits per heavy atom. The van der Waals surface area contributed by atoms with E-state index in [1.165, 1.54) is 0 Å². The molecule has 1 aromatic rings. The van der Waals surface area contributed by atoms with Gasteiger partial charge in [-0.05, 0) is 32.9 Å². The second-order valence-corrected chi connectivity index (χ2v) is 7.89. The van der Waals surface area contributed by atoms with Crippen molar-refractivity contribution in [1.29, 1.82) is 0 Å². The second kappa shape index (κ2) is 6.71. The van der Waals surface area contributed by atoms with Gasteiger partial charge in [0.1, 0.15) is 0 Å². The predicted octanol–water partition coefficient (Wildman–Crippen LogP) is 1.57. The second-order valence-electron chi connectivity index (χ2n) is 6.20. The molecule has 0 saturated carbocycles. The van der Waals surface area contributed by atoms with Gasteiger partial charge in [-0.15, -0.1) is 0 Å². The number of aryl methyl sites for hydroxylation is 1. The SMILES string of the molecule is Cc1ccc(C(=O)NCC(C)(C)N2CCS(=O)CC2)cc1. The van der Waals surface area contributed by atoms with Gasteiger partial charge in [-0.3, -0.25) is 13.9 Å². The highest BCUT2D eigenvalue weighted by Gasteiger charge is 2.30. The van der Waals surface area contributed by atoms with Gasteiger partial charge in [0.2, 0.25) is 0 Å². The monoisotopic (exact) mass is 308 g/mol. The Balaban J connectivity index is 1.90. The summed E-state index contributed by atoms with van der Waals surface area (Å²) >= 11 is 0. The van der Waals surface area contributed by atoms with Crippen LogP contribution in [-0.2, 0) is 10.8 Å². The molecule has 2 rings (SSSR count). The van der Waals surface area contributed by atoms with E-state index < -0.39 is 10.8 Å². The minimum atomic E-state index is -0.669. The molecule has 0 aliphatic carbocycles. The Bertz CT molecular complexity index is 516. The molecule has 1 fully saturated rings. The summed E-state index contributed by atoms with van der Waals surface area (Å²) in [7, 11) is -0.669. The van der Waals surface area contributed by atoms with Gasteiger partial charge in [0.15, 0.2) is 0 Å². The van der Waals surface area contributed by atoms with Crippen LogP contribution in [0.5, 0.6) is 0 Å². The van der Waals surface area contributed by atoms with Crippen LogP contribution in [0.25, 0.3) is 0 Å². The van der Waals surface area contributed by atoms with Crippen molar-refractivity contribution in [2.24, 2.45) is 0 Å². The van der Waals surface area contributed by atoms with Crippen LogP contribution in [0.2, 0.25) is 0 Å². The largest absolute Gasteiger partial charge is 0.350 e. The molecule has 1 saturated heterocycles. The molecular formula is C16H24N2O2S. The summed E-state index contributed by atoms with van der Waals surface area (Å²) in [5.74, 6) is 1.42. The quantitative estimate of drug-likeness (QED) is 0.918. The first-order chi connectivity index (χ1) is 9.88. The normalized spacial score (nSPS) is 17.7. The molecule has 1 heterocycles. The molecule has 5 heteroatoms. The summed E-state index contributed by atoms with van der Waals surface area (Å²) in [6.45, 7) is 8.50. The van der Waals surface area contributed by atoms with E-state index in [2.05, 4.69) is 24.1 Å². The van der Waals surface area contributed by atoms with Crippen molar-refractivity contribution in [2.75, 3.05) is 31.1 Å². The van der Waals surface area contributed by atoms with Crippen molar-refractivity contribution < 1.29 is 9.00 Å². The fraction of sp³-hybridized carbons (Fsp3) is 0.562. The number of nitrogens with zero attached hydrogens (tertiary/aromatic N) is 1. The number of hydrogen-bond donors (Lipinski definition) is 1. The highest BCUT2D eigenvalue weighted by molar-refractivity contribution is 7.85. The van der Waals surface area contributed by atoms with Gasteiger partial charge in [0.25, 0.3) is 5.91 Å². The van der Waals surface area contributed by atoms with Crippen LogP contribution in [0.1, 0.15) is 29.8 Å². The first-order valence-electron chi connectivity index (χ1n) is 7.33. The number of carbonyl (C=O) groups is 1. The highest BCUT2D eigenvalue weighted by atomic mass is 32.2. The fourth-order valence-electron chi connectivity index (χ4n) is 2.46. The molecule has 0 spiro atoms. The summed E-state index contributed by atoms with van der Waals surface area (Å²) in [4.78, 5) is 14.5. The zero-order valence-electron chi connectivity index (χ0n) is 13.0. The van der Waals surface area contributed by atoms with E-state index in [4.69, 9.17) is 0 Å². The van der Waals surface area contributed by atoms with Gasteiger partial charge < -0.3 is 5.32 Å². The molecule has 1 aliphatic heterocycles. The molecule has 4 nitrogen and oxygen atoms in total. The van der Waals surface area contributed by atoms with Gasteiger partial charge in [-0.1, -0.05) is 17.7 Å². The van der Waals surface area contributed by atoms with Crippen molar-refractivity contribution >= 4 is 16.7 Å². The smallest absolute Gasteiger partial charge is 0.251 e. The molecule has 1 aliphatic rings. The zero-order valence-corrected chi connectivity index (χ0v) is 13.8. The number of hydrogen-bond acceptors (Lipinski definition) is 3. The summed E-state index contributed by atoms with van der Waals surface area (Å²) < 4.78 is 11.4. The Labute approximate surface area is 129 Å². The molecule has 116 valence electrons. The summed E-state index contributed by atoms with van der Waals surface area (Å²) in [5, 5.41) is 3.01. The van der Waals surface area contributed by atoms with Gasteiger partial charge in [0, 0.05) is 53.0 Å². The Hall–Kier alpha value is -1.20. The maximum absolute atomic E-state index is 12.2. The predicted molar refractivity (Wildman–Crippen MR) is 87.0 cm³/mol. The first kappa shape index (κ1) is 16.2. The van der Waals surface area contributed by atoms with Gasteiger partial charge in [-0.2, -0.15) is 0 Å². The number of benzene rings is 1. The molecule has 0 radical (unpaired) electrons. The van der Waals surface area contributed by atoms with Crippen LogP contribution in [-0.4, -0.2) is 51.7 Å². The van der Waals surface area contributed by atoms with E-state index in [1.807, 2.05) is 31.2 Å². The van der Waals surface area contributed by atoms with Crippen molar-refractivity contribution in [1.82, 2.24) is 10.2 Å². The van der Waals surface area contributed by atoms with Crippen molar-refractivity contribution in [3.63, 3.8) is 0 Å². The van der Waals surface area contributed by atoms with E-state index >= 15 is 0 Å². The lowest BCUT2D eigenvalue weighted by molar-refractivity contribution is 0.0883. The third kappa shape index (κ3) is 4.38. The maximum atomic E-state index is 12.2. The van der Waals surface area contributed by atoms with Gasteiger partial charge in [-0.25, -0.2) is 0 Å². The van der Waals surface area contributed by atoms with Crippen LogP contribution in [0.4, 0.5) is 0 Å². The van der Waals surface area contributed by atoms with Crippen LogP contribution in [0, 0.1) is 6.92 Å². The van der Waals surface area contributed by atoms with Crippen LogP contribution < -0.4 is 5.32 Å². The average molecular weight is 308 g/mol. The molecule has 21 heavy (non-hydrogen) atoms. The summed E-state index contributed by atoms with van der Waals surface area (Å²) in [6, 6.07) is 7.59. The third-order valence-electron chi connectivity index (χ3n) is 4.03.